The van der Waals surface area contributed by atoms with Crippen LogP contribution in [0.15, 0.2) is 73.1 Å². The predicted molar refractivity (Wildman–Crippen MR) is 201 cm³/mol. The van der Waals surface area contributed by atoms with Crippen LogP contribution in [0.4, 0.5) is 24.7 Å². The molecule has 2 aromatic carbocycles. The molecule has 306 valence electrons. The molecule has 56 heavy (non-hydrogen) atoms. The van der Waals surface area contributed by atoms with E-state index in [1.807, 2.05) is 0 Å². The second kappa shape index (κ2) is 25.5. The highest BCUT2D eigenvalue weighted by Gasteiger charge is 2.31. The first-order chi connectivity index (χ1) is 27.3. The monoisotopic (exact) mass is 789 g/mol. The second-order valence-corrected chi connectivity index (χ2v) is 12.3. The van der Waals surface area contributed by atoms with Crippen LogP contribution in [0.3, 0.4) is 0 Å². The third-order valence-corrected chi connectivity index (χ3v) is 8.03. The molecule has 0 fully saturated rings. The highest BCUT2D eigenvalue weighted by atomic mass is 19.4. The molecule has 14 nitrogen and oxygen atoms in total. The number of hydrogen-bond donors (Lipinski definition) is 3. The normalized spacial score (nSPS) is 14.0. The van der Waals surface area contributed by atoms with Crippen molar-refractivity contribution in [3.63, 3.8) is 0 Å². The molecule has 17 heteroatoms. The Hall–Kier alpha value is -4.65. The molecule has 0 radical (unpaired) electrons. The largest absolute Gasteiger partial charge is 0.573 e. The molecule has 1 aliphatic carbocycles. The van der Waals surface area contributed by atoms with E-state index in [1.165, 1.54) is 30.6 Å². The highest BCUT2D eigenvalue weighted by Crippen LogP contribution is 2.26. The first-order valence-electron chi connectivity index (χ1n) is 18.5. The number of carbonyl (C=O) groups excluding carboxylic acids is 2. The number of aromatic nitrogens is 2. The number of nitrogens with one attached hydrogen (secondary N) is 3. The Morgan fingerprint density at radius 2 is 1.29 bits per heavy atom. The van der Waals surface area contributed by atoms with Crippen LogP contribution in [0.2, 0.25) is 0 Å². The van der Waals surface area contributed by atoms with Gasteiger partial charge in [-0.15, -0.1) is 13.2 Å². The van der Waals surface area contributed by atoms with Crippen molar-refractivity contribution in [2.45, 2.75) is 25.6 Å². The molecule has 3 aromatic rings. The van der Waals surface area contributed by atoms with Crippen LogP contribution >= 0.6 is 0 Å². The number of benzene rings is 2. The molecule has 1 atom stereocenters. The lowest BCUT2D eigenvalue weighted by molar-refractivity contribution is -0.274. The first kappa shape index (κ1) is 44.1. The van der Waals surface area contributed by atoms with Gasteiger partial charge in [-0.1, -0.05) is 24.3 Å². The Bertz CT molecular complexity index is 1620. The van der Waals surface area contributed by atoms with Crippen LogP contribution in [-0.2, 0) is 33.2 Å². The van der Waals surface area contributed by atoms with E-state index in [4.69, 9.17) is 28.4 Å². The minimum absolute atomic E-state index is 0.0796. The van der Waals surface area contributed by atoms with Gasteiger partial charge in [0.15, 0.2) is 0 Å². The number of alkyl halides is 3. The minimum Gasteiger partial charge on any atom is -0.406 e. The van der Waals surface area contributed by atoms with Gasteiger partial charge in [-0.2, -0.15) is 0 Å². The van der Waals surface area contributed by atoms with Gasteiger partial charge in [-0.3, -0.25) is 9.59 Å². The smallest absolute Gasteiger partial charge is 0.406 e. The molecule has 0 bridgehead atoms. The number of halogens is 3. The summed E-state index contributed by atoms with van der Waals surface area (Å²) < 4.78 is 74.1. The number of hydrogen-bond acceptors (Lipinski definition) is 12. The van der Waals surface area contributed by atoms with Gasteiger partial charge in [0.1, 0.15) is 17.9 Å². The van der Waals surface area contributed by atoms with Crippen LogP contribution in [-0.4, -0.2) is 121 Å². The number of amides is 2. The molecule has 4 rings (SSSR count). The number of allylic oxidation sites excluding steroid dienone is 2. The van der Waals surface area contributed by atoms with Crippen molar-refractivity contribution in [3.8, 4) is 17.0 Å². The maximum absolute atomic E-state index is 12.7. The predicted octanol–water partition coefficient (Wildman–Crippen LogP) is 5.09. The summed E-state index contributed by atoms with van der Waals surface area (Å²) in [5.41, 5.74) is 2.15. The third kappa shape index (κ3) is 18.3. The summed E-state index contributed by atoms with van der Waals surface area (Å²) in [6, 6.07) is 13.8. The van der Waals surface area contributed by atoms with E-state index in [1.54, 1.807) is 30.3 Å². The number of carbonyl (C=O) groups is 2. The van der Waals surface area contributed by atoms with E-state index in [-0.39, 0.29) is 23.5 Å². The first-order valence-corrected chi connectivity index (χ1v) is 18.5. The molecule has 0 aliphatic heterocycles. The molecule has 1 aromatic heterocycles. The van der Waals surface area contributed by atoms with Crippen molar-refractivity contribution in [2.24, 2.45) is 5.92 Å². The Morgan fingerprint density at radius 3 is 1.86 bits per heavy atom. The minimum atomic E-state index is -4.77. The van der Waals surface area contributed by atoms with Crippen molar-refractivity contribution in [2.75, 3.05) is 97.7 Å². The fraction of sp³-hybridized carbons (Fsp3) is 0.487. The summed E-state index contributed by atoms with van der Waals surface area (Å²) >= 11 is 0. The molecule has 0 saturated heterocycles. The topological polar surface area (TPSA) is 161 Å². The lowest BCUT2D eigenvalue weighted by Crippen LogP contribution is -2.33. The van der Waals surface area contributed by atoms with Gasteiger partial charge in [-0.05, 0) is 55.7 Å². The van der Waals surface area contributed by atoms with Crippen molar-refractivity contribution < 1.29 is 55.9 Å². The third-order valence-electron chi connectivity index (χ3n) is 8.03. The summed E-state index contributed by atoms with van der Waals surface area (Å²) in [5, 5.41) is 8.75. The van der Waals surface area contributed by atoms with Gasteiger partial charge in [-0.25, -0.2) is 9.97 Å². The van der Waals surface area contributed by atoms with Gasteiger partial charge in [0, 0.05) is 41.9 Å². The zero-order valence-corrected chi connectivity index (χ0v) is 31.2. The zero-order valence-electron chi connectivity index (χ0n) is 31.2. The standard InChI is InChI=1S/C39H50F3N5O9/c40-39(41,42)56-34-11-9-33(10-12-34)47-36-28-35(45-29-46-36)31-7-4-8-32(27-31)38(49)44-14-16-51-18-20-53-22-24-55-26-25-54-23-21-52-19-17-50-15-13-43-37(48)30-5-2-1-3-6-30/h1-2,4,7-12,27-30H,3,5-6,13-26H2,(H,43,48)(H,44,49)(H,45,46,47). The van der Waals surface area contributed by atoms with Crippen molar-refractivity contribution >= 4 is 23.3 Å². The lowest BCUT2D eigenvalue weighted by Gasteiger charge is -2.17. The van der Waals surface area contributed by atoms with E-state index in [2.05, 4.69) is 42.8 Å². The number of nitrogens with zero attached hydrogens (tertiary/aromatic N) is 2. The van der Waals surface area contributed by atoms with Crippen LogP contribution in [0.5, 0.6) is 5.75 Å². The Labute approximate surface area is 324 Å². The van der Waals surface area contributed by atoms with E-state index < -0.39 is 6.36 Å². The van der Waals surface area contributed by atoms with Crippen molar-refractivity contribution in [1.29, 1.82) is 0 Å². The number of ether oxygens (including phenoxy) is 7. The number of anilines is 2. The molecule has 1 heterocycles. The zero-order chi connectivity index (χ0) is 39.7. The van der Waals surface area contributed by atoms with Crippen molar-refractivity contribution in [3.05, 3.63) is 78.6 Å². The van der Waals surface area contributed by atoms with Crippen molar-refractivity contribution in [1.82, 2.24) is 20.6 Å². The van der Waals surface area contributed by atoms with Gasteiger partial charge in [0.25, 0.3) is 5.91 Å². The van der Waals surface area contributed by atoms with E-state index in [0.717, 1.165) is 19.3 Å². The quantitative estimate of drug-likeness (QED) is 0.0695. The molecule has 0 saturated carbocycles. The molecule has 2 amide bonds. The van der Waals surface area contributed by atoms with Gasteiger partial charge in [0.05, 0.1) is 85.0 Å². The van der Waals surface area contributed by atoms with Gasteiger partial charge < -0.3 is 49.1 Å². The average Bonchev–Trinajstić information content (AvgIpc) is 3.20. The average molecular weight is 790 g/mol. The Morgan fingerprint density at radius 1 is 0.696 bits per heavy atom. The summed E-state index contributed by atoms with van der Waals surface area (Å²) in [6.45, 7) is 5.87. The van der Waals surface area contributed by atoms with Crippen LogP contribution in [0.25, 0.3) is 11.3 Å². The fourth-order valence-corrected chi connectivity index (χ4v) is 5.25. The van der Waals surface area contributed by atoms with E-state index in [0.29, 0.717) is 121 Å². The van der Waals surface area contributed by atoms with Crippen LogP contribution in [0, 0.1) is 5.92 Å². The Balaban J connectivity index is 0.938. The molecule has 1 unspecified atom stereocenters. The van der Waals surface area contributed by atoms with E-state index >= 15 is 0 Å². The summed E-state index contributed by atoms with van der Waals surface area (Å²) in [5.74, 6) is -0.0221. The fourth-order valence-electron chi connectivity index (χ4n) is 5.25. The maximum Gasteiger partial charge on any atom is 0.573 e. The number of rotatable bonds is 27. The summed E-state index contributed by atoms with van der Waals surface area (Å²) in [4.78, 5) is 33.2. The van der Waals surface area contributed by atoms with Crippen LogP contribution in [0.1, 0.15) is 29.6 Å². The molecule has 3 N–H and O–H groups in total. The lowest BCUT2D eigenvalue weighted by atomic mass is 9.94. The molecule has 0 spiro atoms. The summed E-state index contributed by atoms with van der Waals surface area (Å²) in [6.07, 6.45) is 3.44. The van der Waals surface area contributed by atoms with Crippen LogP contribution < -0.4 is 20.7 Å². The second-order valence-electron chi connectivity index (χ2n) is 12.3. The van der Waals surface area contributed by atoms with Gasteiger partial charge >= 0.3 is 6.36 Å². The summed E-state index contributed by atoms with van der Waals surface area (Å²) in [7, 11) is 0. The Kier molecular flexibility index (Phi) is 20.1. The van der Waals surface area contributed by atoms with E-state index in [9.17, 15) is 22.8 Å². The molecule has 1 aliphatic rings. The molecular formula is C39H50F3N5O9. The van der Waals surface area contributed by atoms with Gasteiger partial charge in [0.2, 0.25) is 5.91 Å². The SMILES string of the molecule is O=C(NCCOCCOCCOCCOCCOCCOCCNC(=O)C1CC=CCC1)c1cccc(-c2cc(Nc3ccc(OC(F)(F)F)cc3)ncn2)c1. The molecular weight excluding hydrogens is 739 g/mol. The maximum atomic E-state index is 12.7. The highest BCUT2D eigenvalue weighted by molar-refractivity contribution is 5.95.